The van der Waals surface area contributed by atoms with Gasteiger partial charge in [-0.2, -0.15) is 0 Å². The van der Waals surface area contributed by atoms with Crippen LogP contribution in [-0.4, -0.2) is 35.7 Å². The maximum Gasteiger partial charge on any atom is 0.251 e. The second-order valence-electron chi connectivity index (χ2n) is 8.37. The number of carbonyl (C=O) groups is 1. The molecule has 176 valence electrons. The lowest BCUT2D eigenvalue weighted by molar-refractivity contribution is 0.0952. The monoisotopic (exact) mass is 457 g/mol. The van der Waals surface area contributed by atoms with Gasteiger partial charge in [0.15, 0.2) is 0 Å². The first-order chi connectivity index (χ1) is 16.5. The lowest BCUT2D eigenvalue weighted by atomic mass is 10.1. The molecule has 6 heteroatoms. The van der Waals surface area contributed by atoms with E-state index in [2.05, 4.69) is 16.0 Å². The van der Waals surface area contributed by atoms with Crippen molar-refractivity contribution >= 4 is 16.9 Å². The van der Waals surface area contributed by atoms with Gasteiger partial charge in [-0.3, -0.25) is 4.79 Å². The number of ether oxygens (including phenoxy) is 2. The van der Waals surface area contributed by atoms with Crippen molar-refractivity contribution in [3.8, 4) is 11.5 Å². The highest BCUT2D eigenvalue weighted by Gasteiger charge is 2.12. The number of hydrogen-bond acceptors (Lipinski definition) is 4. The average Bonchev–Trinajstić information content (AvgIpc) is 3.19. The topological polar surface area (TPSA) is 65.4 Å². The van der Waals surface area contributed by atoms with Crippen LogP contribution in [0.3, 0.4) is 0 Å². The van der Waals surface area contributed by atoms with Crippen molar-refractivity contribution in [2.45, 2.75) is 33.2 Å². The summed E-state index contributed by atoms with van der Waals surface area (Å²) in [5.41, 5.74) is 4.94. The van der Waals surface area contributed by atoms with Crippen LogP contribution < -0.4 is 14.8 Å². The predicted octanol–water partition coefficient (Wildman–Crippen LogP) is 5.10. The van der Waals surface area contributed by atoms with Crippen molar-refractivity contribution in [2.24, 2.45) is 0 Å². The smallest absolute Gasteiger partial charge is 0.251 e. The number of amides is 1. The van der Waals surface area contributed by atoms with E-state index in [9.17, 15) is 4.79 Å². The molecule has 1 aromatic heterocycles. The summed E-state index contributed by atoms with van der Waals surface area (Å²) >= 11 is 0. The van der Waals surface area contributed by atoms with Crippen molar-refractivity contribution < 1.29 is 14.3 Å². The van der Waals surface area contributed by atoms with Crippen molar-refractivity contribution in [3.05, 3.63) is 89.2 Å². The normalized spacial score (nSPS) is 10.9. The van der Waals surface area contributed by atoms with Crippen LogP contribution in [0.5, 0.6) is 11.5 Å². The highest BCUT2D eigenvalue weighted by atomic mass is 16.5. The minimum absolute atomic E-state index is 0.0299. The highest BCUT2D eigenvalue weighted by molar-refractivity contribution is 5.95. The molecule has 6 nitrogen and oxygen atoms in total. The van der Waals surface area contributed by atoms with E-state index in [1.807, 2.05) is 74.5 Å². The Labute approximate surface area is 200 Å². The SMILES string of the molecule is COc1cccc(OCCn2c(CCCNC(=O)c3ccc(C)cc3C)nc3ccccc32)c1. The van der Waals surface area contributed by atoms with Gasteiger partial charge < -0.3 is 19.4 Å². The van der Waals surface area contributed by atoms with Gasteiger partial charge in [0.25, 0.3) is 5.91 Å². The van der Waals surface area contributed by atoms with Crippen LogP contribution in [-0.2, 0) is 13.0 Å². The lowest BCUT2D eigenvalue weighted by Crippen LogP contribution is -2.25. The zero-order valence-electron chi connectivity index (χ0n) is 20.0. The fraction of sp³-hybridized carbons (Fsp3) is 0.286. The number of methoxy groups -OCH3 is 1. The van der Waals surface area contributed by atoms with Crippen LogP contribution in [0.4, 0.5) is 0 Å². The quantitative estimate of drug-likeness (QED) is 0.336. The van der Waals surface area contributed by atoms with Crippen LogP contribution in [0.1, 0.15) is 33.7 Å². The molecule has 0 saturated carbocycles. The molecule has 0 spiro atoms. The second kappa shape index (κ2) is 10.9. The molecule has 0 unspecified atom stereocenters. The summed E-state index contributed by atoms with van der Waals surface area (Å²) in [6.07, 6.45) is 1.57. The number of imidazole rings is 1. The number of aromatic nitrogens is 2. The number of hydrogen-bond donors (Lipinski definition) is 1. The first-order valence-electron chi connectivity index (χ1n) is 11.6. The second-order valence-corrected chi connectivity index (χ2v) is 8.37. The molecule has 0 aliphatic rings. The van der Waals surface area contributed by atoms with Crippen LogP contribution >= 0.6 is 0 Å². The first kappa shape index (κ1) is 23.4. The van der Waals surface area contributed by atoms with E-state index in [1.54, 1.807) is 7.11 Å². The third-order valence-electron chi connectivity index (χ3n) is 5.85. The van der Waals surface area contributed by atoms with Gasteiger partial charge in [0, 0.05) is 24.6 Å². The summed E-state index contributed by atoms with van der Waals surface area (Å²) in [5.74, 6) is 2.52. The third kappa shape index (κ3) is 5.57. The maximum absolute atomic E-state index is 12.6. The van der Waals surface area contributed by atoms with Crippen LogP contribution in [0.2, 0.25) is 0 Å². The standard InChI is InChI=1S/C28H31N3O3/c1-20-13-14-24(21(2)18-20)28(32)29-15-7-12-27-30-25-10-4-5-11-26(25)31(27)16-17-34-23-9-6-8-22(19-23)33-3/h4-6,8-11,13-14,18-19H,7,12,15-17H2,1-3H3,(H,29,32). The minimum atomic E-state index is -0.0299. The van der Waals surface area contributed by atoms with E-state index in [-0.39, 0.29) is 5.91 Å². The molecule has 1 N–H and O–H groups in total. The van der Waals surface area contributed by atoms with Gasteiger partial charge in [0.05, 0.1) is 24.7 Å². The number of fused-ring (bicyclic) bond motifs is 1. The number of nitrogens with zero attached hydrogens (tertiary/aromatic N) is 2. The molecule has 0 aliphatic carbocycles. The molecular weight excluding hydrogens is 426 g/mol. The van der Waals surface area contributed by atoms with E-state index in [0.29, 0.717) is 19.7 Å². The van der Waals surface area contributed by atoms with Crippen molar-refractivity contribution in [2.75, 3.05) is 20.3 Å². The molecule has 1 amide bonds. The summed E-state index contributed by atoms with van der Waals surface area (Å²) in [4.78, 5) is 17.4. The Kier molecular flexibility index (Phi) is 7.48. The van der Waals surface area contributed by atoms with Gasteiger partial charge in [-0.25, -0.2) is 4.98 Å². The summed E-state index contributed by atoms with van der Waals surface area (Å²) < 4.78 is 13.4. The van der Waals surface area contributed by atoms with E-state index < -0.39 is 0 Å². The van der Waals surface area contributed by atoms with Gasteiger partial charge in [-0.1, -0.05) is 35.9 Å². The molecule has 3 aromatic carbocycles. The largest absolute Gasteiger partial charge is 0.497 e. The molecule has 0 saturated heterocycles. The number of benzene rings is 3. The Balaban J connectivity index is 1.37. The zero-order chi connectivity index (χ0) is 23.9. The van der Waals surface area contributed by atoms with Crippen molar-refractivity contribution in [3.63, 3.8) is 0 Å². The van der Waals surface area contributed by atoms with E-state index >= 15 is 0 Å². The molecule has 34 heavy (non-hydrogen) atoms. The van der Waals surface area contributed by atoms with Crippen molar-refractivity contribution in [1.82, 2.24) is 14.9 Å². The fourth-order valence-electron chi connectivity index (χ4n) is 4.12. The van der Waals surface area contributed by atoms with Gasteiger partial charge in [0.1, 0.15) is 23.9 Å². The predicted molar refractivity (Wildman–Crippen MR) is 135 cm³/mol. The molecule has 0 fully saturated rings. The van der Waals surface area contributed by atoms with Crippen LogP contribution in [0.15, 0.2) is 66.7 Å². The molecule has 0 aliphatic heterocycles. The molecule has 0 radical (unpaired) electrons. The Bertz CT molecular complexity index is 1280. The summed E-state index contributed by atoms with van der Waals surface area (Å²) in [6.45, 7) is 5.79. The van der Waals surface area contributed by atoms with Gasteiger partial charge in [0.2, 0.25) is 0 Å². The Morgan fingerprint density at radius 3 is 2.65 bits per heavy atom. The van der Waals surface area contributed by atoms with Crippen LogP contribution in [0.25, 0.3) is 11.0 Å². The molecular formula is C28H31N3O3. The van der Waals surface area contributed by atoms with E-state index in [0.717, 1.165) is 57.9 Å². The number of nitrogens with one attached hydrogen (secondary N) is 1. The maximum atomic E-state index is 12.6. The molecule has 0 bridgehead atoms. The Morgan fingerprint density at radius 1 is 1.00 bits per heavy atom. The average molecular weight is 458 g/mol. The Hall–Kier alpha value is -3.80. The van der Waals surface area contributed by atoms with Gasteiger partial charge in [-0.15, -0.1) is 0 Å². The first-order valence-corrected chi connectivity index (χ1v) is 11.6. The third-order valence-corrected chi connectivity index (χ3v) is 5.85. The number of carbonyl (C=O) groups excluding carboxylic acids is 1. The molecule has 4 aromatic rings. The summed E-state index contributed by atoms with van der Waals surface area (Å²) in [5, 5.41) is 3.05. The van der Waals surface area contributed by atoms with Gasteiger partial charge >= 0.3 is 0 Å². The van der Waals surface area contributed by atoms with E-state index in [4.69, 9.17) is 14.5 Å². The summed E-state index contributed by atoms with van der Waals surface area (Å²) in [7, 11) is 1.65. The lowest BCUT2D eigenvalue weighted by Gasteiger charge is -2.12. The number of aryl methyl sites for hydroxylation is 3. The number of para-hydroxylation sites is 2. The molecule has 0 atom stereocenters. The number of rotatable bonds is 10. The van der Waals surface area contributed by atoms with Gasteiger partial charge in [-0.05, 0) is 56.2 Å². The summed E-state index contributed by atoms with van der Waals surface area (Å²) in [6, 6.07) is 21.6. The highest BCUT2D eigenvalue weighted by Crippen LogP contribution is 2.20. The van der Waals surface area contributed by atoms with Crippen LogP contribution in [0, 0.1) is 13.8 Å². The molecule has 1 heterocycles. The van der Waals surface area contributed by atoms with E-state index in [1.165, 1.54) is 0 Å². The van der Waals surface area contributed by atoms with Crippen molar-refractivity contribution in [1.29, 1.82) is 0 Å². The Morgan fingerprint density at radius 2 is 1.82 bits per heavy atom. The zero-order valence-corrected chi connectivity index (χ0v) is 20.0. The minimum Gasteiger partial charge on any atom is -0.497 e. The fourth-order valence-corrected chi connectivity index (χ4v) is 4.12. The molecule has 4 rings (SSSR count).